The maximum absolute atomic E-state index is 5.94. The minimum absolute atomic E-state index is 0.724. The second kappa shape index (κ2) is 4.86. The van der Waals surface area contributed by atoms with Crippen molar-refractivity contribution in [2.24, 2.45) is 5.92 Å². The van der Waals surface area contributed by atoms with Gasteiger partial charge in [-0.15, -0.1) is 0 Å². The summed E-state index contributed by atoms with van der Waals surface area (Å²) < 4.78 is 0. The Kier molecular flexibility index (Phi) is 3.49. The van der Waals surface area contributed by atoms with Crippen LogP contribution in [0.25, 0.3) is 0 Å². The standard InChI is InChI=1S/C12H17ClN2/c13-11-2-1-10(12(14)8-11)7-9-3-5-15-6-4-9/h1-2,8-9,15H,3-7,14H2. The molecule has 1 saturated heterocycles. The Balaban J connectivity index is 2.03. The number of hydrogen-bond donors (Lipinski definition) is 2. The van der Waals surface area contributed by atoms with E-state index in [1.807, 2.05) is 12.1 Å². The fourth-order valence-corrected chi connectivity index (χ4v) is 2.33. The van der Waals surface area contributed by atoms with E-state index >= 15 is 0 Å². The van der Waals surface area contributed by atoms with Gasteiger partial charge in [0.15, 0.2) is 0 Å². The summed E-state index contributed by atoms with van der Waals surface area (Å²) in [5, 5.41) is 4.10. The molecule has 0 aromatic heterocycles. The number of nitrogens with two attached hydrogens (primary N) is 1. The molecule has 82 valence electrons. The summed E-state index contributed by atoms with van der Waals surface area (Å²) in [5.41, 5.74) is 8.01. The third kappa shape index (κ3) is 2.86. The zero-order chi connectivity index (χ0) is 10.7. The molecule has 0 spiro atoms. The summed E-state index contributed by atoms with van der Waals surface area (Å²) in [6, 6.07) is 5.83. The number of anilines is 1. The van der Waals surface area contributed by atoms with Crippen molar-refractivity contribution >= 4 is 17.3 Å². The van der Waals surface area contributed by atoms with Gasteiger partial charge in [-0.05, 0) is 56.0 Å². The highest BCUT2D eigenvalue weighted by Gasteiger charge is 2.14. The van der Waals surface area contributed by atoms with Gasteiger partial charge in [0, 0.05) is 10.7 Å². The normalized spacial score (nSPS) is 17.9. The molecule has 2 nitrogen and oxygen atoms in total. The molecule has 2 rings (SSSR count). The van der Waals surface area contributed by atoms with Crippen LogP contribution in [0, 0.1) is 5.92 Å². The smallest absolute Gasteiger partial charge is 0.0426 e. The van der Waals surface area contributed by atoms with E-state index in [0.29, 0.717) is 0 Å². The molecule has 3 heteroatoms. The molecule has 0 unspecified atom stereocenters. The van der Waals surface area contributed by atoms with Crippen molar-refractivity contribution < 1.29 is 0 Å². The minimum Gasteiger partial charge on any atom is -0.398 e. The van der Waals surface area contributed by atoms with Crippen molar-refractivity contribution in [1.29, 1.82) is 0 Å². The Morgan fingerprint density at radius 2 is 2.07 bits per heavy atom. The zero-order valence-corrected chi connectivity index (χ0v) is 9.56. The molecule has 0 amide bonds. The van der Waals surface area contributed by atoms with Gasteiger partial charge in [0.1, 0.15) is 0 Å². The van der Waals surface area contributed by atoms with E-state index in [1.165, 1.54) is 18.4 Å². The fourth-order valence-electron chi connectivity index (χ4n) is 2.15. The van der Waals surface area contributed by atoms with E-state index in [4.69, 9.17) is 17.3 Å². The molecule has 0 atom stereocenters. The van der Waals surface area contributed by atoms with E-state index in [-0.39, 0.29) is 0 Å². The minimum atomic E-state index is 0.724. The van der Waals surface area contributed by atoms with Gasteiger partial charge >= 0.3 is 0 Å². The van der Waals surface area contributed by atoms with Crippen LogP contribution in [0.4, 0.5) is 5.69 Å². The zero-order valence-electron chi connectivity index (χ0n) is 8.80. The quantitative estimate of drug-likeness (QED) is 0.758. The Labute approximate surface area is 95.8 Å². The number of hydrogen-bond acceptors (Lipinski definition) is 2. The molecule has 0 radical (unpaired) electrons. The first-order chi connectivity index (χ1) is 7.25. The number of rotatable bonds is 2. The molecule has 0 aliphatic carbocycles. The topological polar surface area (TPSA) is 38.0 Å². The lowest BCUT2D eigenvalue weighted by Gasteiger charge is -2.23. The number of benzene rings is 1. The molecule has 3 N–H and O–H groups in total. The van der Waals surface area contributed by atoms with Gasteiger partial charge in [-0.2, -0.15) is 0 Å². The molecular weight excluding hydrogens is 208 g/mol. The second-order valence-electron chi connectivity index (χ2n) is 4.24. The largest absolute Gasteiger partial charge is 0.398 e. The Bertz CT molecular complexity index is 332. The van der Waals surface area contributed by atoms with Gasteiger partial charge < -0.3 is 11.1 Å². The summed E-state index contributed by atoms with van der Waals surface area (Å²) >= 11 is 5.87. The van der Waals surface area contributed by atoms with Gasteiger partial charge in [-0.3, -0.25) is 0 Å². The lowest BCUT2D eigenvalue weighted by atomic mass is 9.90. The molecule has 0 bridgehead atoms. The summed E-state index contributed by atoms with van der Waals surface area (Å²) in [5.74, 6) is 0.773. The Morgan fingerprint density at radius 3 is 2.73 bits per heavy atom. The maximum Gasteiger partial charge on any atom is 0.0426 e. The van der Waals surface area contributed by atoms with Crippen LogP contribution in [0.15, 0.2) is 18.2 Å². The van der Waals surface area contributed by atoms with E-state index in [9.17, 15) is 0 Å². The van der Waals surface area contributed by atoms with Crippen molar-refractivity contribution in [3.8, 4) is 0 Å². The van der Waals surface area contributed by atoms with E-state index in [1.54, 1.807) is 0 Å². The van der Waals surface area contributed by atoms with E-state index < -0.39 is 0 Å². The van der Waals surface area contributed by atoms with Crippen molar-refractivity contribution in [2.45, 2.75) is 19.3 Å². The average Bonchev–Trinajstić information content (AvgIpc) is 2.24. The predicted molar refractivity (Wildman–Crippen MR) is 65.2 cm³/mol. The molecule has 1 aliphatic heterocycles. The summed E-state index contributed by atoms with van der Waals surface area (Å²) in [6.45, 7) is 2.27. The SMILES string of the molecule is Nc1cc(Cl)ccc1CC1CCNCC1. The highest BCUT2D eigenvalue weighted by molar-refractivity contribution is 6.30. The highest BCUT2D eigenvalue weighted by Crippen LogP contribution is 2.24. The summed E-state index contributed by atoms with van der Waals surface area (Å²) in [4.78, 5) is 0. The van der Waals surface area contributed by atoms with Crippen LogP contribution in [0.1, 0.15) is 18.4 Å². The van der Waals surface area contributed by atoms with Crippen LogP contribution in [0.5, 0.6) is 0 Å². The predicted octanol–water partition coefficient (Wildman–Crippen LogP) is 2.46. The van der Waals surface area contributed by atoms with Crippen molar-refractivity contribution in [1.82, 2.24) is 5.32 Å². The fraction of sp³-hybridized carbons (Fsp3) is 0.500. The number of nitrogens with one attached hydrogen (secondary N) is 1. The van der Waals surface area contributed by atoms with Crippen molar-refractivity contribution in [2.75, 3.05) is 18.8 Å². The number of piperidine rings is 1. The first kappa shape index (κ1) is 10.8. The molecule has 1 aromatic carbocycles. The maximum atomic E-state index is 5.94. The van der Waals surface area contributed by atoms with E-state index in [0.717, 1.165) is 36.1 Å². The van der Waals surface area contributed by atoms with Crippen LogP contribution in [-0.4, -0.2) is 13.1 Å². The van der Waals surface area contributed by atoms with Crippen LogP contribution >= 0.6 is 11.6 Å². The van der Waals surface area contributed by atoms with Gasteiger partial charge in [0.25, 0.3) is 0 Å². The molecular formula is C12H17ClN2. The number of nitrogen functional groups attached to an aromatic ring is 1. The Hall–Kier alpha value is -0.730. The van der Waals surface area contributed by atoms with Gasteiger partial charge in [0.05, 0.1) is 0 Å². The number of halogens is 1. The molecule has 15 heavy (non-hydrogen) atoms. The Morgan fingerprint density at radius 1 is 1.33 bits per heavy atom. The van der Waals surface area contributed by atoms with Gasteiger partial charge in [-0.25, -0.2) is 0 Å². The third-order valence-electron chi connectivity index (χ3n) is 3.08. The first-order valence-corrected chi connectivity index (χ1v) is 5.88. The molecule has 1 aliphatic rings. The van der Waals surface area contributed by atoms with Gasteiger partial charge in [0.2, 0.25) is 0 Å². The van der Waals surface area contributed by atoms with Crippen molar-refractivity contribution in [3.05, 3.63) is 28.8 Å². The van der Waals surface area contributed by atoms with Crippen LogP contribution in [0.2, 0.25) is 5.02 Å². The molecule has 1 fully saturated rings. The van der Waals surface area contributed by atoms with E-state index in [2.05, 4.69) is 11.4 Å². The molecule has 1 heterocycles. The molecule has 1 aromatic rings. The average molecular weight is 225 g/mol. The first-order valence-electron chi connectivity index (χ1n) is 5.50. The monoisotopic (exact) mass is 224 g/mol. The lowest BCUT2D eigenvalue weighted by molar-refractivity contribution is 0.373. The lowest BCUT2D eigenvalue weighted by Crippen LogP contribution is -2.28. The van der Waals surface area contributed by atoms with Crippen LogP contribution in [0.3, 0.4) is 0 Å². The van der Waals surface area contributed by atoms with Crippen LogP contribution in [-0.2, 0) is 6.42 Å². The third-order valence-corrected chi connectivity index (χ3v) is 3.31. The highest BCUT2D eigenvalue weighted by atomic mass is 35.5. The van der Waals surface area contributed by atoms with Crippen LogP contribution < -0.4 is 11.1 Å². The van der Waals surface area contributed by atoms with Crippen molar-refractivity contribution in [3.63, 3.8) is 0 Å². The van der Waals surface area contributed by atoms with Gasteiger partial charge in [-0.1, -0.05) is 17.7 Å². The summed E-state index contributed by atoms with van der Waals surface area (Å²) in [6.07, 6.45) is 3.59. The molecule has 0 saturated carbocycles. The summed E-state index contributed by atoms with van der Waals surface area (Å²) in [7, 11) is 0. The second-order valence-corrected chi connectivity index (χ2v) is 4.68.